The summed E-state index contributed by atoms with van der Waals surface area (Å²) in [7, 11) is -3.40. The van der Waals surface area contributed by atoms with Crippen LogP contribution in [0.4, 0.5) is 5.69 Å². The van der Waals surface area contributed by atoms with E-state index in [9.17, 15) is 8.42 Å². The SMILES string of the molecule is CCN(CCNS(=O)(=O)N1CCOCC1)c1ccccc1C. The molecule has 1 saturated heterocycles. The number of nitrogens with one attached hydrogen (secondary N) is 1. The Morgan fingerprint density at radius 3 is 2.59 bits per heavy atom. The highest BCUT2D eigenvalue weighted by atomic mass is 32.2. The van der Waals surface area contributed by atoms with Gasteiger partial charge in [-0.25, -0.2) is 4.72 Å². The summed E-state index contributed by atoms with van der Waals surface area (Å²) in [5.74, 6) is 0. The molecule has 1 heterocycles. The zero-order chi connectivity index (χ0) is 16.0. The van der Waals surface area contributed by atoms with Gasteiger partial charge in [0.2, 0.25) is 0 Å². The number of hydrogen-bond donors (Lipinski definition) is 1. The Hall–Kier alpha value is -1.15. The van der Waals surface area contributed by atoms with E-state index >= 15 is 0 Å². The predicted octanol–water partition coefficient (Wildman–Crippen LogP) is 0.988. The van der Waals surface area contributed by atoms with Crippen LogP contribution in [0.1, 0.15) is 12.5 Å². The van der Waals surface area contributed by atoms with Crippen molar-refractivity contribution < 1.29 is 13.2 Å². The molecule has 6 nitrogen and oxygen atoms in total. The Morgan fingerprint density at radius 2 is 1.95 bits per heavy atom. The molecule has 1 aromatic rings. The van der Waals surface area contributed by atoms with Gasteiger partial charge in [0.05, 0.1) is 13.2 Å². The summed E-state index contributed by atoms with van der Waals surface area (Å²) in [5, 5.41) is 0. The van der Waals surface area contributed by atoms with Crippen LogP contribution in [0.5, 0.6) is 0 Å². The average Bonchev–Trinajstić information content (AvgIpc) is 2.53. The first-order chi connectivity index (χ1) is 10.5. The topological polar surface area (TPSA) is 61.9 Å². The van der Waals surface area contributed by atoms with Gasteiger partial charge in [-0.1, -0.05) is 18.2 Å². The largest absolute Gasteiger partial charge is 0.379 e. The molecule has 0 unspecified atom stereocenters. The Morgan fingerprint density at radius 1 is 1.27 bits per heavy atom. The van der Waals surface area contributed by atoms with Crippen LogP contribution >= 0.6 is 0 Å². The second-order valence-electron chi connectivity index (χ2n) is 5.28. The molecule has 2 rings (SSSR count). The molecule has 1 fully saturated rings. The van der Waals surface area contributed by atoms with Crippen molar-refractivity contribution in [1.82, 2.24) is 9.03 Å². The van der Waals surface area contributed by atoms with E-state index in [1.54, 1.807) is 0 Å². The van der Waals surface area contributed by atoms with E-state index in [1.807, 2.05) is 12.1 Å². The minimum Gasteiger partial charge on any atom is -0.379 e. The van der Waals surface area contributed by atoms with Gasteiger partial charge in [-0.3, -0.25) is 0 Å². The number of benzene rings is 1. The lowest BCUT2D eigenvalue weighted by molar-refractivity contribution is 0.0725. The number of para-hydroxylation sites is 1. The van der Waals surface area contributed by atoms with E-state index in [4.69, 9.17) is 4.74 Å². The van der Waals surface area contributed by atoms with Crippen LogP contribution in [0.2, 0.25) is 0 Å². The zero-order valence-corrected chi connectivity index (χ0v) is 14.1. The predicted molar refractivity (Wildman–Crippen MR) is 88.4 cm³/mol. The molecule has 1 aliphatic rings. The quantitative estimate of drug-likeness (QED) is 0.811. The summed E-state index contributed by atoms with van der Waals surface area (Å²) in [6, 6.07) is 8.14. The second kappa shape index (κ2) is 7.92. The fourth-order valence-corrected chi connectivity index (χ4v) is 3.72. The normalized spacial score (nSPS) is 16.6. The van der Waals surface area contributed by atoms with Gasteiger partial charge in [0.25, 0.3) is 10.2 Å². The first-order valence-electron chi connectivity index (χ1n) is 7.67. The number of hydrogen-bond acceptors (Lipinski definition) is 4. The lowest BCUT2D eigenvalue weighted by Gasteiger charge is -2.28. The number of morpholine rings is 1. The van der Waals surface area contributed by atoms with Crippen molar-refractivity contribution in [3.05, 3.63) is 29.8 Å². The lowest BCUT2D eigenvalue weighted by Crippen LogP contribution is -2.48. The Bertz CT molecular complexity index is 571. The van der Waals surface area contributed by atoms with Crippen LogP contribution in [0.25, 0.3) is 0 Å². The van der Waals surface area contributed by atoms with Crippen LogP contribution in [0.15, 0.2) is 24.3 Å². The highest BCUT2D eigenvalue weighted by molar-refractivity contribution is 7.87. The van der Waals surface area contributed by atoms with E-state index in [0.717, 1.165) is 12.2 Å². The molecule has 1 N–H and O–H groups in total. The van der Waals surface area contributed by atoms with Gasteiger partial charge >= 0.3 is 0 Å². The van der Waals surface area contributed by atoms with Crippen molar-refractivity contribution in [3.63, 3.8) is 0 Å². The molecule has 0 bridgehead atoms. The molecule has 0 aromatic heterocycles. The van der Waals surface area contributed by atoms with Crippen LogP contribution < -0.4 is 9.62 Å². The minimum absolute atomic E-state index is 0.391. The summed E-state index contributed by atoms with van der Waals surface area (Å²) in [6.07, 6.45) is 0. The fraction of sp³-hybridized carbons (Fsp3) is 0.600. The molecule has 22 heavy (non-hydrogen) atoms. The molecule has 1 aliphatic heterocycles. The molecular formula is C15H25N3O3S. The first kappa shape index (κ1) is 17.2. The Labute approximate surface area is 133 Å². The minimum atomic E-state index is -3.40. The van der Waals surface area contributed by atoms with Crippen molar-refractivity contribution in [2.45, 2.75) is 13.8 Å². The third-order valence-corrected chi connectivity index (χ3v) is 5.43. The summed E-state index contributed by atoms with van der Waals surface area (Å²) < 4.78 is 33.7. The van der Waals surface area contributed by atoms with Crippen LogP contribution in [0, 0.1) is 6.92 Å². The van der Waals surface area contributed by atoms with Gasteiger partial charge in [-0.2, -0.15) is 12.7 Å². The number of ether oxygens (including phenoxy) is 1. The van der Waals surface area contributed by atoms with Crippen LogP contribution in [-0.2, 0) is 14.9 Å². The Balaban J connectivity index is 1.90. The van der Waals surface area contributed by atoms with Gasteiger partial charge in [0.1, 0.15) is 0 Å². The van der Waals surface area contributed by atoms with Gasteiger partial charge in [0, 0.05) is 38.4 Å². The summed E-state index contributed by atoms with van der Waals surface area (Å²) >= 11 is 0. The molecule has 0 atom stereocenters. The van der Waals surface area contributed by atoms with Crippen molar-refractivity contribution in [1.29, 1.82) is 0 Å². The smallest absolute Gasteiger partial charge is 0.279 e. The van der Waals surface area contributed by atoms with E-state index < -0.39 is 10.2 Å². The van der Waals surface area contributed by atoms with Crippen LogP contribution in [-0.4, -0.2) is 58.7 Å². The van der Waals surface area contributed by atoms with Crippen molar-refractivity contribution in [2.75, 3.05) is 50.8 Å². The molecule has 0 spiro atoms. The monoisotopic (exact) mass is 327 g/mol. The second-order valence-corrected chi connectivity index (χ2v) is 7.03. The van der Waals surface area contributed by atoms with E-state index in [0.29, 0.717) is 39.4 Å². The summed E-state index contributed by atoms with van der Waals surface area (Å²) in [5.41, 5.74) is 2.34. The maximum Gasteiger partial charge on any atom is 0.279 e. The summed E-state index contributed by atoms with van der Waals surface area (Å²) in [6.45, 7) is 7.78. The third kappa shape index (κ3) is 4.42. The molecule has 0 saturated carbocycles. The highest BCUT2D eigenvalue weighted by Crippen LogP contribution is 2.18. The van der Waals surface area contributed by atoms with Gasteiger partial charge < -0.3 is 9.64 Å². The molecule has 0 radical (unpaired) electrons. The molecule has 0 amide bonds. The maximum absolute atomic E-state index is 12.2. The molecule has 124 valence electrons. The van der Waals surface area contributed by atoms with E-state index in [1.165, 1.54) is 9.87 Å². The van der Waals surface area contributed by atoms with E-state index in [2.05, 4.69) is 35.6 Å². The summed E-state index contributed by atoms with van der Waals surface area (Å²) in [4.78, 5) is 2.18. The fourth-order valence-electron chi connectivity index (χ4n) is 2.55. The zero-order valence-electron chi connectivity index (χ0n) is 13.3. The Kier molecular flexibility index (Phi) is 6.19. The van der Waals surface area contributed by atoms with Gasteiger partial charge in [0.15, 0.2) is 0 Å². The molecule has 1 aromatic carbocycles. The van der Waals surface area contributed by atoms with Gasteiger partial charge in [-0.15, -0.1) is 0 Å². The average molecular weight is 327 g/mol. The lowest BCUT2D eigenvalue weighted by atomic mass is 10.2. The standard InChI is InChI=1S/C15H25N3O3S/c1-3-17(15-7-5-4-6-14(15)2)9-8-16-22(19,20)18-10-12-21-13-11-18/h4-7,16H,3,8-13H2,1-2H3. The van der Waals surface area contributed by atoms with Crippen LogP contribution in [0.3, 0.4) is 0 Å². The van der Waals surface area contributed by atoms with E-state index in [-0.39, 0.29) is 0 Å². The maximum atomic E-state index is 12.2. The highest BCUT2D eigenvalue weighted by Gasteiger charge is 2.23. The van der Waals surface area contributed by atoms with Crippen molar-refractivity contribution >= 4 is 15.9 Å². The van der Waals surface area contributed by atoms with Crippen molar-refractivity contribution in [3.8, 4) is 0 Å². The number of rotatable bonds is 7. The number of aryl methyl sites for hydroxylation is 1. The van der Waals surface area contributed by atoms with Gasteiger partial charge in [-0.05, 0) is 25.5 Å². The molecule has 0 aliphatic carbocycles. The third-order valence-electron chi connectivity index (χ3n) is 3.81. The van der Waals surface area contributed by atoms with Crippen molar-refractivity contribution in [2.24, 2.45) is 0 Å². The first-order valence-corrected chi connectivity index (χ1v) is 9.11. The number of nitrogens with zero attached hydrogens (tertiary/aromatic N) is 2. The number of likely N-dealkylation sites (N-methyl/N-ethyl adjacent to an activating group) is 1. The molecule has 7 heteroatoms. The molecular weight excluding hydrogens is 302 g/mol. The number of anilines is 1.